The first-order valence-corrected chi connectivity index (χ1v) is 7.37. The van der Waals surface area contributed by atoms with Gasteiger partial charge in [-0.2, -0.15) is 5.26 Å². The highest BCUT2D eigenvalue weighted by Gasteiger charge is 2.21. The van der Waals surface area contributed by atoms with Crippen LogP contribution in [0, 0.1) is 25.2 Å². The number of hydrogen-bond donors (Lipinski definition) is 0. The van der Waals surface area contributed by atoms with E-state index in [0.717, 1.165) is 0 Å². The van der Waals surface area contributed by atoms with E-state index in [-0.39, 0.29) is 18.6 Å². The van der Waals surface area contributed by atoms with E-state index in [4.69, 9.17) is 10.00 Å². The van der Waals surface area contributed by atoms with E-state index in [1.807, 2.05) is 6.07 Å². The number of ether oxygens (including phenoxy) is 1. The Morgan fingerprint density at radius 2 is 2.19 bits per heavy atom. The van der Waals surface area contributed by atoms with Crippen molar-refractivity contribution in [2.45, 2.75) is 33.7 Å². The van der Waals surface area contributed by atoms with Crippen molar-refractivity contribution >= 4 is 27.5 Å². The first-order chi connectivity index (χ1) is 10.0. The van der Waals surface area contributed by atoms with E-state index in [1.165, 1.54) is 15.9 Å². The number of nitriles is 1. The molecule has 0 atom stereocenters. The molecule has 2 aromatic rings. The van der Waals surface area contributed by atoms with Crippen LogP contribution < -0.4 is 5.56 Å². The van der Waals surface area contributed by atoms with Gasteiger partial charge in [-0.05, 0) is 26.3 Å². The number of carbonyl (C=O) groups is 1. The lowest BCUT2D eigenvalue weighted by atomic mass is 10.2. The molecule has 7 heteroatoms. The maximum atomic E-state index is 12.5. The van der Waals surface area contributed by atoms with Gasteiger partial charge < -0.3 is 4.74 Å². The molecule has 0 aliphatic rings. The second kappa shape index (κ2) is 6.06. The van der Waals surface area contributed by atoms with Crippen LogP contribution in [0.25, 0.3) is 10.2 Å². The maximum absolute atomic E-state index is 12.5. The first-order valence-electron chi connectivity index (χ1n) is 6.55. The molecule has 0 spiro atoms. The summed E-state index contributed by atoms with van der Waals surface area (Å²) in [7, 11) is 0. The van der Waals surface area contributed by atoms with Crippen molar-refractivity contribution in [2.24, 2.45) is 0 Å². The molecule has 2 rings (SSSR count). The molecule has 110 valence electrons. The van der Waals surface area contributed by atoms with Gasteiger partial charge in [0.1, 0.15) is 15.5 Å². The molecule has 2 heterocycles. The van der Waals surface area contributed by atoms with Crippen molar-refractivity contribution in [2.75, 3.05) is 6.61 Å². The van der Waals surface area contributed by atoms with Gasteiger partial charge in [0, 0.05) is 6.54 Å². The van der Waals surface area contributed by atoms with Crippen LogP contribution in [0.4, 0.5) is 0 Å². The van der Waals surface area contributed by atoms with Crippen LogP contribution in [-0.4, -0.2) is 22.1 Å². The third-order valence-corrected chi connectivity index (χ3v) is 4.31. The third-order valence-electron chi connectivity index (χ3n) is 3.15. The predicted molar refractivity (Wildman–Crippen MR) is 79.5 cm³/mol. The fourth-order valence-electron chi connectivity index (χ4n) is 2.13. The van der Waals surface area contributed by atoms with Crippen molar-refractivity contribution < 1.29 is 9.53 Å². The number of rotatable bonds is 4. The largest absolute Gasteiger partial charge is 0.462 e. The van der Waals surface area contributed by atoms with Gasteiger partial charge in [-0.15, -0.1) is 11.3 Å². The molecular formula is C14H15N3O3S. The van der Waals surface area contributed by atoms with E-state index < -0.39 is 5.97 Å². The molecule has 2 aromatic heterocycles. The van der Waals surface area contributed by atoms with Crippen LogP contribution >= 0.6 is 11.3 Å². The standard InChI is InChI=1S/C14H15N3O3S/c1-4-20-14(19)11-8(2)10-12(21-11)16-9(3)17(13(10)18)7-5-6-15/h4-5,7H2,1-3H3. The number of aromatic nitrogens is 2. The van der Waals surface area contributed by atoms with Gasteiger partial charge in [-0.25, -0.2) is 9.78 Å². The Bertz CT molecular complexity index is 798. The summed E-state index contributed by atoms with van der Waals surface area (Å²) in [6.45, 7) is 5.76. The molecule has 0 aromatic carbocycles. The summed E-state index contributed by atoms with van der Waals surface area (Å²) in [6, 6.07) is 2.01. The molecular weight excluding hydrogens is 290 g/mol. The zero-order chi connectivity index (χ0) is 15.6. The van der Waals surface area contributed by atoms with Gasteiger partial charge in [-0.1, -0.05) is 0 Å². The Labute approximate surface area is 125 Å². The molecule has 0 fully saturated rings. The number of thiophene rings is 1. The summed E-state index contributed by atoms with van der Waals surface area (Å²) in [4.78, 5) is 29.8. The van der Waals surface area contributed by atoms with Crippen molar-refractivity contribution in [3.05, 3.63) is 26.6 Å². The van der Waals surface area contributed by atoms with Crippen molar-refractivity contribution in [1.29, 1.82) is 5.26 Å². The molecule has 0 radical (unpaired) electrons. The third kappa shape index (κ3) is 2.67. The summed E-state index contributed by atoms with van der Waals surface area (Å²) in [6.07, 6.45) is 0.238. The number of hydrogen-bond acceptors (Lipinski definition) is 6. The fourth-order valence-corrected chi connectivity index (χ4v) is 3.25. The van der Waals surface area contributed by atoms with Crippen LogP contribution in [0.15, 0.2) is 4.79 Å². The van der Waals surface area contributed by atoms with Crippen LogP contribution in [-0.2, 0) is 11.3 Å². The highest BCUT2D eigenvalue weighted by molar-refractivity contribution is 7.20. The van der Waals surface area contributed by atoms with Crippen molar-refractivity contribution in [3.63, 3.8) is 0 Å². The zero-order valence-corrected chi connectivity index (χ0v) is 12.9. The molecule has 6 nitrogen and oxygen atoms in total. The summed E-state index contributed by atoms with van der Waals surface area (Å²) in [5.74, 6) is 0.109. The minimum atomic E-state index is -0.432. The number of carbonyl (C=O) groups excluding carboxylic acids is 1. The Hall–Kier alpha value is -2.20. The summed E-state index contributed by atoms with van der Waals surface area (Å²) >= 11 is 1.17. The van der Waals surface area contributed by atoms with E-state index in [0.29, 0.717) is 33.0 Å². The molecule has 0 aliphatic carbocycles. The SMILES string of the molecule is CCOC(=O)c1sc2nc(C)n(CCC#N)c(=O)c2c1C. The van der Waals surface area contributed by atoms with Crippen LogP contribution in [0.1, 0.15) is 34.4 Å². The topological polar surface area (TPSA) is 85.0 Å². The van der Waals surface area contributed by atoms with Crippen LogP contribution in [0.2, 0.25) is 0 Å². The number of aryl methyl sites for hydroxylation is 2. The molecule has 0 unspecified atom stereocenters. The molecule has 0 saturated heterocycles. The summed E-state index contributed by atoms with van der Waals surface area (Å²) in [5.41, 5.74) is 0.383. The van der Waals surface area contributed by atoms with E-state index in [2.05, 4.69) is 4.98 Å². The van der Waals surface area contributed by atoms with Gasteiger partial charge in [-0.3, -0.25) is 9.36 Å². The Kier molecular flexibility index (Phi) is 4.38. The molecule has 0 N–H and O–H groups in total. The van der Waals surface area contributed by atoms with Crippen molar-refractivity contribution in [3.8, 4) is 6.07 Å². The average molecular weight is 305 g/mol. The van der Waals surface area contributed by atoms with Crippen molar-refractivity contribution in [1.82, 2.24) is 9.55 Å². The normalized spacial score (nSPS) is 10.6. The van der Waals surface area contributed by atoms with Crippen LogP contribution in [0.3, 0.4) is 0 Å². The lowest BCUT2D eigenvalue weighted by molar-refractivity contribution is 0.0531. The molecule has 0 amide bonds. The fraction of sp³-hybridized carbons (Fsp3) is 0.429. The van der Waals surface area contributed by atoms with E-state index in [9.17, 15) is 9.59 Å². The Balaban J connectivity index is 2.65. The molecule has 0 bridgehead atoms. The number of nitrogens with zero attached hydrogens (tertiary/aromatic N) is 3. The summed E-state index contributed by atoms with van der Waals surface area (Å²) in [5, 5.41) is 9.10. The highest BCUT2D eigenvalue weighted by Crippen LogP contribution is 2.28. The summed E-state index contributed by atoms with van der Waals surface area (Å²) < 4.78 is 6.47. The second-order valence-corrected chi connectivity index (χ2v) is 5.48. The van der Waals surface area contributed by atoms with Gasteiger partial charge in [0.2, 0.25) is 0 Å². The van der Waals surface area contributed by atoms with Gasteiger partial charge in [0.05, 0.1) is 24.5 Å². The van der Waals surface area contributed by atoms with Gasteiger partial charge in [0.25, 0.3) is 5.56 Å². The number of esters is 1. The first kappa shape index (κ1) is 15.2. The Morgan fingerprint density at radius 3 is 2.81 bits per heavy atom. The number of fused-ring (bicyclic) bond motifs is 1. The predicted octanol–water partition coefficient (Wildman–Crippen LogP) is 2.17. The Morgan fingerprint density at radius 1 is 1.48 bits per heavy atom. The molecule has 21 heavy (non-hydrogen) atoms. The minimum Gasteiger partial charge on any atom is -0.462 e. The second-order valence-electron chi connectivity index (χ2n) is 4.48. The van der Waals surface area contributed by atoms with E-state index >= 15 is 0 Å². The van der Waals surface area contributed by atoms with Gasteiger partial charge >= 0.3 is 5.97 Å². The smallest absolute Gasteiger partial charge is 0.348 e. The zero-order valence-electron chi connectivity index (χ0n) is 12.1. The monoisotopic (exact) mass is 305 g/mol. The lowest BCUT2D eigenvalue weighted by Gasteiger charge is -2.06. The average Bonchev–Trinajstić information content (AvgIpc) is 2.76. The lowest BCUT2D eigenvalue weighted by Crippen LogP contribution is -2.23. The highest BCUT2D eigenvalue weighted by atomic mass is 32.1. The van der Waals surface area contributed by atoms with E-state index in [1.54, 1.807) is 20.8 Å². The molecule has 0 saturated carbocycles. The minimum absolute atomic E-state index is 0.211. The van der Waals surface area contributed by atoms with Gasteiger partial charge in [0.15, 0.2) is 0 Å². The quantitative estimate of drug-likeness (QED) is 0.808. The molecule has 0 aliphatic heterocycles. The maximum Gasteiger partial charge on any atom is 0.348 e. The van der Waals surface area contributed by atoms with Crippen LogP contribution in [0.5, 0.6) is 0 Å².